The second-order valence-corrected chi connectivity index (χ2v) is 7.69. The Balaban J connectivity index is 2.44. The van der Waals surface area contributed by atoms with Crippen molar-refractivity contribution >= 4 is 42.9 Å². The fourth-order valence-corrected chi connectivity index (χ4v) is 4.24. The molecule has 5 heteroatoms. The van der Waals surface area contributed by atoms with E-state index in [1.54, 1.807) is 0 Å². The molecule has 2 N–H and O–H groups in total. The molecule has 1 aromatic heterocycles. The van der Waals surface area contributed by atoms with Crippen molar-refractivity contribution in [2.75, 3.05) is 0 Å². The molecule has 0 fully saturated rings. The van der Waals surface area contributed by atoms with Crippen LogP contribution in [0.4, 0.5) is 0 Å². The molecule has 1 unspecified atom stereocenters. The Morgan fingerprint density at radius 1 is 1.22 bits per heavy atom. The average molecular weight is 376 g/mol. The maximum Gasteiger partial charge on any atom is 0.323 e. The molecule has 98 valence electrons. The summed E-state index contributed by atoms with van der Waals surface area (Å²) in [7, 11) is 0. The van der Waals surface area contributed by atoms with Crippen LogP contribution in [0.15, 0.2) is 21.4 Å². The number of aromatic amines is 2. The van der Waals surface area contributed by atoms with Crippen LogP contribution in [0.3, 0.4) is 0 Å². The average Bonchev–Trinajstić information content (AvgIpc) is 2.53. The lowest BCUT2D eigenvalue weighted by atomic mass is 9.88. The number of fused-ring (bicyclic) bond motifs is 1. The molecule has 0 radical (unpaired) electrons. The van der Waals surface area contributed by atoms with Gasteiger partial charge in [0, 0.05) is 9.30 Å². The third-order valence-corrected chi connectivity index (χ3v) is 4.27. The van der Waals surface area contributed by atoms with Crippen LogP contribution in [0.5, 0.6) is 0 Å². The lowest BCUT2D eigenvalue weighted by Crippen LogP contribution is -2.08. The van der Waals surface area contributed by atoms with E-state index in [1.807, 2.05) is 12.1 Å². The van der Waals surface area contributed by atoms with Crippen molar-refractivity contribution in [3.8, 4) is 0 Å². The van der Waals surface area contributed by atoms with E-state index in [-0.39, 0.29) is 15.9 Å². The van der Waals surface area contributed by atoms with Crippen LogP contribution < -0.4 is 5.69 Å². The van der Waals surface area contributed by atoms with E-state index < -0.39 is 0 Å². The molecule has 0 aliphatic carbocycles. The van der Waals surface area contributed by atoms with Crippen LogP contribution in [0, 0.1) is 5.41 Å². The van der Waals surface area contributed by atoms with Crippen molar-refractivity contribution in [1.82, 2.24) is 9.97 Å². The molecule has 0 saturated carbocycles. The number of nitrogens with one attached hydrogen (secondary N) is 2. The number of halogens is 2. The van der Waals surface area contributed by atoms with E-state index in [9.17, 15) is 4.79 Å². The van der Waals surface area contributed by atoms with Gasteiger partial charge >= 0.3 is 5.69 Å². The fraction of sp³-hybridized carbons (Fsp3) is 0.462. The van der Waals surface area contributed by atoms with Gasteiger partial charge < -0.3 is 9.97 Å². The van der Waals surface area contributed by atoms with Crippen molar-refractivity contribution in [1.29, 1.82) is 0 Å². The minimum absolute atomic E-state index is 0.170. The molecule has 18 heavy (non-hydrogen) atoms. The van der Waals surface area contributed by atoms with Crippen LogP contribution in [0.25, 0.3) is 11.0 Å². The third kappa shape index (κ3) is 3.06. The number of benzene rings is 1. The fourth-order valence-electron chi connectivity index (χ4n) is 1.96. The molecule has 0 saturated heterocycles. The first-order valence-electron chi connectivity index (χ1n) is 5.82. The minimum atomic E-state index is -0.170. The Morgan fingerprint density at radius 3 is 2.33 bits per heavy atom. The maximum absolute atomic E-state index is 11.3. The highest BCUT2D eigenvalue weighted by Gasteiger charge is 2.20. The van der Waals surface area contributed by atoms with Crippen molar-refractivity contribution in [2.45, 2.75) is 32.0 Å². The largest absolute Gasteiger partial charge is 0.323 e. The zero-order valence-corrected chi connectivity index (χ0v) is 13.8. The monoisotopic (exact) mass is 374 g/mol. The standard InChI is InChI=1S/C13H16Br2N2O/c1-13(2,3)6-9(15)7-4-10-11(5-8(7)14)17-12(18)16-10/h4-5,9H,6H2,1-3H3,(H2,16,17,18). The van der Waals surface area contributed by atoms with Gasteiger partial charge in [0.1, 0.15) is 0 Å². The lowest BCUT2D eigenvalue weighted by molar-refractivity contribution is 0.376. The van der Waals surface area contributed by atoms with E-state index >= 15 is 0 Å². The highest BCUT2D eigenvalue weighted by atomic mass is 79.9. The molecule has 0 aliphatic heterocycles. The van der Waals surface area contributed by atoms with Crippen molar-refractivity contribution < 1.29 is 0 Å². The summed E-state index contributed by atoms with van der Waals surface area (Å²) < 4.78 is 1.01. The molecule has 1 atom stereocenters. The van der Waals surface area contributed by atoms with E-state index in [0.717, 1.165) is 27.5 Å². The summed E-state index contributed by atoms with van der Waals surface area (Å²) in [4.78, 5) is 17.1. The molecule has 0 spiro atoms. The molecule has 0 bridgehead atoms. The highest BCUT2D eigenvalue weighted by Crippen LogP contribution is 2.39. The van der Waals surface area contributed by atoms with Crippen molar-refractivity contribution in [3.63, 3.8) is 0 Å². The first-order chi connectivity index (χ1) is 8.26. The summed E-state index contributed by atoms with van der Waals surface area (Å²) in [6.45, 7) is 6.64. The maximum atomic E-state index is 11.3. The summed E-state index contributed by atoms with van der Waals surface area (Å²) in [5.74, 6) is 0. The van der Waals surface area contributed by atoms with Crippen molar-refractivity contribution in [3.05, 3.63) is 32.7 Å². The van der Waals surface area contributed by atoms with Gasteiger partial charge in [-0.2, -0.15) is 0 Å². The number of alkyl halides is 1. The third-order valence-electron chi connectivity index (χ3n) is 2.76. The smallest absolute Gasteiger partial charge is 0.306 e. The number of H-pyrrole nitrogens is 2. The van der Waals surface area contributed by atoms with E-state index in [0.29, 0.717) is 0 Å². The Bertz CT molecular complexity index is 622. The SMILES string of the molecule is CC(C)(C)CC(Br)c1cc2[nH]c(=O)[nH]c2cc1Br. The van der Waals surface area contributed by atoms with Crippen LogP contribution in [-0.2, 0) is 0 Å². The zero-order chi connectivity index (χ0) is 13.5. The molecular formula is C13H16Br2N2O. The Labute approximate surface area is 123 Å². The normalized spacial score (nSPS) is 14.1. The number of hydrogen-bond acceptors (Lipinski definition) is 1. The molecule has 2 aromatic rings. The summed E-state index contributed by atoms with van der Waals surface area (Å²) in [6, 6.07) is 3.96. The van der Waals surface area contributed by atoms with Crippen molar-refractivity contribution in [2.24, 2.45) is 5.41 Å². The topological polar surface area (TPSA) is 48.6 Å². The van der Waals surface area contributed by atoms with Gasteiger partial charge in [-0.25, -0.2) is 4.79 Å². The summed E-state index contributed by atoms with van der Waals surface area (Å²) in [5, 5.41) is 0. The van der Waals surface area contributed by atoms with Gasteiger partial charge in [0.2, 0.25) is 0 Å². The predicted molar refractivity (Wildman–Crippen MR) is 82.4 cm³/mol. The molecule has 0 amide bonds. The summed E-state index contributed by atoms with van der Waals surface area (Å²) in [5.41, 5.74) is 2.90. The van der Waals surface area contributed by atoms with Gasteiger partial charge in [0.25, 0.3) is 0 Å². The predicted octanol–water partition coefficient (Wildman–Crippen LogP) is 4.49. The van der Waals surface area contributed by atoms with Crippen LogP contribution in [0.1, 0.15) is 37.6 Å². The molecule has 0 aliphatic rings. The summed E-state index contributed by atoms with van der Waals surface area (Å²) in [6.07, 6.45) is 1.02. The number of rotatable bonds is 2. The Hall–Kier alpha value is -0.550. The molecular weight excluding hydrogens is 360 g/mol. The van der Waals surface area contributed by atoms with Gasteiger partial charge in [-0.15, -0.1) is 0 Å². The van der Waals surface area contributed by atoms with Crippen LogP contribution in [-0.4, -0.2) is 9.97 Å². The lowest BCUT2D eigenvalue weighted by Gasteiger charge is -2.23. The first-order valence-corrected chi connectivity index (χ1v) is 7.53. The Kier molecular flexibility index (Phi) is 3.74. The first kappa shape index (κ1) is 13.9. The quantitative estimate of drug-likeness (QED) is 0.746. The number of hydrogen-bond donors (Lipinski definition) is 2. The molecule has 2 rings (SSSR count). The molecule has 1 heterocycles. The second-order valence-electron chi connectivity index (χ2n) is 5.73. The minimum Gasteiger partial charge on any atom is -0.306 e. The van der Waals surface area contributed by atoms with Gasteiger partial charge in [-0.1, -0.05) is 52.6 Å². The zero-order valence-electron chi connectivity index (χ0n) is 10.6. The van der Waals surface area contributed by atoms with E-state index in [4.69, 9.17) is 0 Å². The van der Waals surface area contributed by atoms with Crippen LogP contribution >= 0.6 is 31.9 Å². The number of aromatic nitrogens is 2. The Morgan fingerprint density at radius 2 is 1.78 bits per heavy atom. The molecule has 1 aromatic carbocycles. The van der Waals surface area contributed by atoms with Gasteiger partial charge in [-0.3, -0.25) is 0 Å². The molecule has 3 nitrogen and oxygen atoms in total. The summed E-state index contributed by atoms with van der Waals surface area (Å²) >= 11 is 7.30. The van der Waals surface area contributed by atoms with E-state index in [2.05, 4.69) is 62.6 Å². The van der Waals surface area contributed by atoms with Gasteiger partial charge in [-0.05, 0) is 29.5 Å². The van der Waals surface area contributed by atoms with Gasteiger partial charge in [0.05, 0.1) is 11.0 Å². The van der Waals surface area contributed by atoms with E-state index in [1.165, 1.54) is 0 Å². The van der Waals surface area contributed by atoms with Gasteiger partial charge in [0.15, 0.2) is 0 Å². The highest BCUT2D eigenvalue weighted by molar-refractivity contribution is 9.11. The second kappa shape index (κ2) is 4.85. The van der Waals surface area contributed by atoms with Crippen LogP contribution in [0.2, 0.25) is 0 Å². The number of imidazole rings is 1.